The summed E-state index contributed by atoms with van der Waals surface area (Å²) in [4.78, 5) is 21.3. The second-order valence-corrected chi connectivity index (χ2v) is 8.48. The van der Waals surface area contributed by atoms with E-state index in [2.05, 4.69) is 25.5 Å². The number of nitrogens with zero attached hydrogens (tertiary/aromatic N) is 4. The van der Waals surface area contributed by atoms with E-state index in [0.717, 1.165) is 11.3 Å². The molecule has 0 bridgehead atoms. The van der Waals surface area contributed by atoms with Crippen LogP contribution in [-0.2, 0) is 4.74 Å². The molecule has 1 aliphatic rings. The first-order valence-electron chi connectivity index (χ1n) is 9.58. The lowest BCUT2D eigenvalue weighted by Crippen LogP contribution is -2.31. The fourth-order valence-electron chi connectivity index (χ4n) is 3.12. The summed E-state index contributed by atoms with van der Waals surface area (Å²) < 4.78 is 30.2. The molecule has 9 nitrogen and oxygen atoms in total. The molecule has 0 spiro atoms. The number of amides is 1. The second kappa shape index (κ2) is 9.31. The van der Waals surface area contributed by atoms with Crippen LogP contribution in [0.2, 0.25) is 5.15 Å². The zero-order chi connectivity index (χ0) is 22.7. The molecule has 0 unspecified atom stereocenters. The van der Waals surface area contributed by atoms with E-state index in [4.69, 9.17) is 25.8 Å². The molecule has 0 aromatic carbocycles. The van der Waals surface area contributed by atoms with Gasteiger partial charge < -0.3 is 14.2 Å². The Labute approximate surface area is 191 Å². The third kappa shape index (κ3) is 4.95. The van der Waals surface area contributed by atoms with Gasteiger partial charge in [-0.3, -0.25) is 15.1 Å². The van der Waals surface area contributed by atoms with Crippen molar-refractivity contribution in [2.45, 2.75) is 19.0 Å². The number of aryl methyl sites for hydroxylation is 1. The second-order valence-electron chi connectivity index (χ2n) is 7.15. The lowest BCUT2D eigenvalue weighted by atomic mass is 10.0. The lowest BCUT2D eigenvalue weighted by Gasteiger charge is -2.15. The molecular weight excluding hydrogens is 461 g/mol. The summed E-state index contributed by atoms with van der Waals surface area (Å²) in [5.41, 5.74) is 0.602. The van der Waals surface area contributed by atoms with Crippen LogP contribution in [0.1, 0.15) is 22.5 Å². The van der Waals surface area contributed by atoms with Crippen molar-refractivity contribution < 1.29 is 23.4 Å². The summed E-state index contributed by atoms with van der Waals surface area (Å²) >= 11 is 7.06. The van der Waals surface area contributed by atoms with E-state index in [-0.39, 0.29) is 40.7 Å². The van der Waals surface area contributed by atoms with Crippen molar-refractivity contribution in [1.29, 1.82) is 0 Å². The molecule has 0 radical (unpaired) electrons. The molecule has 1 N–H and O–H groups in total. The Bertz CT molecular complexity index is 1140. The molecule has 1 fully saturated rings. The normalized spacial score (nSPS) is 17.9. The molecule has 3 aromatic rings. The Balaban J connectivity index is 1.54. The Morgan fingerprint density at radius 2 is 2.16 bits per heavy atom. The maximum atomic E-state index is 14.4. The number of carbonyl (C=O) groups is 1. The summed E-state index contributed by atoms with van der Waals surface area (Å²) in [6, 6.07) is 3.37. The van der Waals surface area contributed by atoms with Crippen molar-refractivity contribution in [2.24, 2.45) is 0 Å². The van der Waals surface area contributed by atoms with Crippen molar-refractivity contribution in [3.05, 3.63) is 40.9 Å². The fourth-order valence-corrected chi connectivity index (χ4v) is 3.87. The van der Waals surface area contributed by atoms with Gasteiger partial charge in [0.2, 0.25) is 5.13 Å². The minimum Gasteiger partial charge on any atom is -0.494 e. The van der Waals surface area contributed by atoms with E-state index in [9.17, 15) is 9.18 Å². The molecule has 4 heterocycles. The summed E-state index contributed by atoms with van der Waals surface area (Å²) in [6.45, 7) is 1.96. The number of methoxy groups -OCH3 is 1. The molecule has 1 saturated heterocycles. The van der Waals surface area contributed by atoms with Gasteiger partial charge in [0.15, 0.2) is 5.67 Å². The molecule has 0 aliphatic carbocycles. The highest BCUT2D eigenvalue weighted by atomic mass is 35.5. The van der Waals surface area contributed by atoms with E-state index in [1.165, 1.54) is 19.5 Å². The lowest BCUT2D eigenvalue weighted by molar-refractivity contribution is 0.0639. The summed E-state index contributed by atoms with van der Waals surface area (Å²) in [5, 5.41) is 11.0. The number of carbonyl (C=O) groups excluding carboxylic acids is 1. The van der Waals surface area contributed by atoms with Gasteiger partial charge in [-0.15, -0.1) is 5.10 Å². The highest BCUT2D eigenvalue weighted by molar-refractivity contribution is 7.17. The molecule has 12 heteroatoms. The van der Waals surface area contributed by atoms with Gasteiger partial charge in [0.1, 0.15) is 17.5 Å². The van der Waals surface area contributed by atoms with Crippen LogP contribution < -0.4 is 14.8 Å². The molecule has 4 rings (SSSR count). The first-order valence-corrected chi connectivity index (χ1v) is 10.8. The smallest absolute Gasteiger partial charge is 0.295 e. The molecular formula is C20H19ClFN5O4S. The number of nitrogens with one attached hydrogen (secondary N) is 1. The summed E-state index contributed by atoms with van der Waals surface area (Å²) in [6.07, 6.45) is 3.21. The van der Waals surface area contributed by atoms with Gasteiger partial charge >= 0.3 is 0 Å². The van der Waals surface area contributed by atoms with Gasteiger partial charge in [-0.1, -0.05) is 16.7 Å². The summed E-state index contributed by atoms with van der Waals surface area (Å²) in [7, 11) is 1.50. The first kappa shape index (κ1) is 22.3. The number of hydrogen-bond acceptors (Lipinski definition) is 9. The van der Waals surface area contributed by atoms with Crippen LogP contribution in [0.3, 0.4) is 0 Å². The Kier molecular flexibility index (Phi) is 6.49. The van der Waals surface area contributed by atoms with Crippen LogP contribution in [0.15, 0.2) is 24.5 Å². The standard InChI is InChI=1S/C20H19ClFN5O4S/c1-11-5-12(13-6-16(21)24-8-15(13)29-2)14(7-23-11)17(28)25-18-26-27-19(32-18)31-10-20(22)3-4-30-9-20/h5-8H,3-4,9-10H2,1-2H3,(H,25,26,28)/t20-/m0/s1. The minimum absolute atomic E-state index is 0.0128. The molecule has 3 aromatic heterocycles. The third-order valence-corrected chi connectivity index (χ3v) is 5.72. The molecule has 0 saturated carbocycles. The van der Waals surface area contributed by atoms with Gasteiger partial charge in [-0.25, -0.2) is 9.37 Å². The number of halogens is 2. The molecule has 1 atom stereocenters. The summed E-state index contributed by atoms with van der Waals surface area (Å²) in [5.74, 6) is -0.00645. The van der Waals surface area contributed by atoms with Gasteiger partial charge in [0.25, 0.3) is 11.1 Å². The van der Waals surface area contributed by atoms with Gasteiger partial charge in [0.05, 0.1) is 25.5 Å². The Morgan fingerprint density at radius 1 is 1.31 bits per heavy atom. The predicted octanol–water partition coefficient (Wildman–Crippen LogP) is 3.73. The molecule has 1 amide bonds. The van der Waals surface area contributed by atoms with Gasteiger partial charge in [-0.05, 0) is 30.4 Å². The zero-order valence-corrected chi connectivity index (χ0v) is 18.8. The highest BCUT2D eigenvalue weighted by Crippen LogP contribution is 2.34. The fraction of sp³-hybridized carbons (Fsp3) is 0.350. The Morgan fingerprint density at radius 3 is 2.91 bits per heavy atom. The average Bonchev–Trinajstić information content (AvgIpc) is 3.41. The first-order chi connectivity index (χ1) is 15.4. The monoisotopic (exact) mass is 479 g/mol. The van der Waals surface area contributed by atoms with Crippen molar-refractivity contribution in [3.63, 3.8) is 0 Å². The van der Waals surface area contributed by atoms with Crippen LogP contribution >= 0.6 is 22.9 Å². The number of hydrogen-bond donors (Lipinski definition) is 1. The van der Waals surface area contributed by atoms with E-state index < -0.39 is 11.6 Å². The number of alkyl halides is 1. The van der Waals surface area contributed by atoms with Crippen molar-refractivity contribution in [2.75, 3.05) is 32.2 Å². The van der Waals surface area contributed by atoms with Gasteiger partial charge in [-0.2, -0.15) is 0 Å². The van der Waals surface area contributed by atoms with E-state index in [1.807, 2.05) is 6.92 Å². The topological polar surface area (TPSA) is 108 Å². The van der Waals surface area contributed by atoms with E-state index in [1.54, 1.807) is 12.1 Å². The van der Waals surface area contributed by atoms with E-state index in [0.29, 0.717) is 29.2 Å². The molecule has 168 valence electrons. The van der Waals surface area contributed by atoms with Gasteiger partial charge in [0, 0.05) is 36.0 Å². The van der Waals surface area contributed by atoms with Crippen molar-refractivity contribution in [3.8, 4) is 22.1 Å². The zero-order valence-electron chi connectivity index (χ0n) is 17.2. The maximum Gasteiger partial charge on any atom is 0.295 e. The highest BCUT2D eigenvalue weighted by Gasteiger charge is 2.36. The van der Waals surface area contributed by atoms with E-state index >= 15 is 0 Å². The third-order valence-electron chi connectivity index (χ3n) is 4.77. The molecule has 1 aliphatic heterocycles. The SMILES string of the molecule is COc1cnc(Cl)cc1-c1cc(C)ncc1C(=O)Nc1nnc(OC[C@]2(F)CCOC2)s1. The average molecular weight is 480 g/mol. The van der Waals surface area contributed by atoms with Crippen LogP contribution in [0.5, 0.6) is 10.9 Å². The number of rotatable bonds is 7. The van der Waals surface area contributed by atoms with Crippen molar-refractivity contribution in [1.82, 2.24) is 20.2 Å². The van der Waals surface area contributed by atoms with Crippen LogP contribution in [0, 0.1) is 6.92 Å². The van der Waals surface area contributed by atoms with Crippen LogP contribution in [0.25, 0.3) is 11.1 Å². The molecule has 32 heavy (non-hydrogen) atoms. The minimum atomic E-state index is -1.54. The van der Waals surface area contributed by atoms with Crippen LogP contribution in [0.4, 0.5) is 9.52 Å². The number of ether oxygens (including phenoxy) is 3. The number of aromatic nitrogens is 4. The maximum absolute atomic E-state index is 14.4. The van der Waals surface area contributed by atoms with Crippen LogP contribution in [-0.4, -0.2) is 58.7 Å². The van der Waals surface area contributed by atoms with Crippen molar-refractivity contribution >= 4 is 34.0 Å². The Hall–Kier alpha value is -2.89. The largest absolute Gasteiger partial charge is 0.494 e. The number of pyridine rings is 2. The number of anilines is 1. The quantitative estimate of drug-likeness (QED) is 0.511. The predicted molar refractivity (Wildman–Crippen MR) is 116 cm³/mol.